The van der Waals surface area contributed by atoms with Gasteiger partial charge in [-0.3, -0.25) is 0 Å². The van der Waals surface area contributed by atoms with Gasteiger partial charge in [0.2, 0.25) is 0 Å². The summed E-state index contributed by atoms with van der Waals surface area (Å²) >= 11 is 0. The largest absolute Gasteiger partial charge is 0.0853 e. The Hall–Kier alpha value is -0.260. The highest BCUT2D eigenvalue weighted by Crippen LogP contribution is 2.24. The summed E-state index contributed by atoms with van der Waals surface area (Å²) < 4.78 is 0. The van der Waals surface area contributed by atoms with Crippen LogP contribution in [0.5, 0.6) is 0 Å². The summed E-state index contributed by atoms with van der Waals surface area (Å²) in [6.45, 7) is 3.82. The van der Waals surface area contributed by atoms with E-state index < -0.39 is 0 Å². The van der Waals surface area contributed by atoms with Gasteiger partial charge in [0.1, 0.15) is 0 Å². The molecule has 0 amide bonds. The molecule has 0 heterocycles. The molecule has 0 aliphatic heterocycles. The van der Waals surface area contributed by atoms with Crippen LogP contribution in [-0.2, 0) is 0 Å². The average Bonchev–Trinajstić information content (AvgIpc) is 2.41. The van der Waals surface area contributed by atoms with Gasteiger partial charge in [0.05, 0.1) is 0 Å². The van der Waals surface area contributed by atoms with E-state index in [-0.39, 0.29) is 0 Å². The van der Waals surface area contributed by atoms with E-state index in [1.54, 1.807) is 5.57 Å². The zero-order valence-corrected chi connectivity index (χ0v) is 6.73. The summed E-state index contributed by atoms with van der Waals surface area (Å²) in [5.74, 6) is 0. The Morgan fingerprint density at radius 3 is 2.60 bits per heavy atom. The van der Waals surface area contributed by atoms with E-state index in [2.05, 4.69) is 13.0 Å². The van der Waals surface area contributed by atoms with Gasteiger partial charge in [-0.25, -0.2) is 0 Å². The van der Waals surface area contributed by atoms with E-state index in [4.69, 9.17) is 0 Å². The Kier molecular flexibility index (Phi) is 3.56. The molecule has 0 aromatic carbocycles. The minimum atomic E-state index is 1.09. The van der Waals surface area contributed by atoms with E-state index in [0.717, 1.165) is 6.42 Å². The molecule has 0 N–H and O–H groups in total. The predicted octanol–water partition coefficient (Wildman–Crippen LogP) is 3.49. The first-order valence-electron chi connectivity index (χ1n) is 4.40. The Balaban J connectivity index is 2.12. The molecule has 0 spiro atoms. The number of allylic oxidation sites excluding steroid dienone is 2. The molecule has 1 aliphatic rings. The van der Waals surface area contributed by atoms with Crippen molar-refractivity contribution in [3.8, 4) is 0 Å². The molecule has 0 saturated heterocycles. The number of hydrogen-bond acceptors (Lipinski definition) is 0. The normalized spacial score (nSPS) is 17.9. The van der Waals surface area contributed by atoms with Gasteiger partial charge in [0, 0.05) is 0 Å². The summed E-state index contributed by atoms with van der Waals surface area (Å²) in [6, 6.07) is 0. The maximum atomic E-state index is 3.82. The van der Waals surface area contributed by atoms with Crippen LogP contribution in [0.25, 0.3) is 0 Å². The topological polar surface area (TPSA) is 0 Å². The quantitative estimate of drug-likeness (QED) is 0.412. The lowest BCUT2D eigenvalue weighted by Gasteiger charge is -1.93. The van der Waals surface area contributed by atoms with Crippen LogP contribution >= 0.6 is 0 Å². The Labute approximate surface area is 64.3 Å². The lowest BCUT2D eigenvalue weighted by molar-refractivity contribution is 0.854. The van der Waals surface area contributed by atoms with Crippen LogP contribution in [0.2, 0.25) is 0 Å². The van der Waals surface area contributed by atoms with Gasteiger partial charge in [0.25, 0.3) is 0 Å². The van der Waals surface area contributed by atoms with Crippen LogP contribution in [0.1, 0.15) is 44.9 Å². The van der Waals surface area contributed by atoms with E-state index >= 15 is 0 Å². The van der Waals surface area contributed by atoms with Gasteiger partial charge in [-0.05, 0) is 38.5 Å². The fraction of sp³-hybridized carbons (Fsp3) is 0.700. The highest BCUT2D eigenvalue weighted by Gasteiger charge is 2.04. The van der Waals surface area contributed by atoms with Crippen LogP contribution in [0.3, 0.4) is 0 Å². The lowest BCUT2D eigenvalue weighted by Crippen LogP contribution is -1.73. The van der Waals surface area contributed by atoms with Crippen molar-refractivity contribution >= 4 is 0 Å². The second-order valence-electron chi connectivity index (χ2n) is 3.07. The molecule has 0 unspecified atom stereocenters. The number of rotatable bonds is 3. The van der Waals surface area contributed by atoms with Crippen molar-refractivity contribution in [1.82, 2.24) is 0 Å². The molecule has 1 radical (unpaired) electrons. The van der Waals surface area contributed by atoms with Crippen LogP contribution in [-0.4, -0.2) is 0 Å². The van der Waals surface area contributed by atoms with E-state index in [9.17, 15) is 0 Å². The van der Waals surface area contributed by atoms with Gasteiger partial charge in [-0.15, -0.1) is 0 Å². The van der Waals surface area contributed by atoms with Gasteiger partial charge in [0.15, 0.2) is 0 Å². The van der Waals surface area contributed by atoms with Crippen molar-refractivity contribution in [3.63, 3.8) is 0 Å². The zero-order chi connectivity index (χ0) is 7.23. The van der Waals surface area contributed by atoms with Gasteiger partial charge >= 0.3 is 0 Å². The maximum absolute atomic E-state index is 3.82. The Morgan fingerprint density at radius 1 is 1.30 bits per heavy atom. The van der Waals surface area contributed by atoms with Crippen LogP contribution in [0.15, 0.2) is 11.6 Å². The minimum absolute atomic E-state index is 1.09. The lowest BCUT2D eigenvalue weighted by atomic mass is 10.1. The molecule has 10 heavy (non-hydrogen) atoms. The molecule has 1 saturated carbocycles. The van der Waals surface area contributed by atoms with Crippen molar-refractivity contribution in [2.45, 2.75) is 44.9 Å². The molecule has 0 nitrogen and oxygen atoms in total. The van der Waals surface area contributed by atoms with E-state index in [1.165, 1.54) is 38.5 Å². The van der Waals surface area contributed by atoms with Crippen molar-refractivity contribution in [3.05, 3.63) is 18.6 Å². The van der Waals surface area contributed by atoms with Crippen molar-refractivity contribution in [2.24, 2.45) is 0 Å². The van der Waals surface area contributed by atoms with Crippen molar-refractivity contribution < 1.29 is 0 Å². The fourth-order valence-electron chi connectivity index (χ4n) is 1.48. The minimum Gasteiger partial charge on any atom is -0.0853 e. The summed E-state index contributed by atoms with van der Waals surface area (Å²) in [5.41, 5.74) is 1.70. The molecule has 1 rings (SSSR count). The molecule has 0 heteroatoms. The third-order valence-electron chi connectivity index (χ3n) is 2.13. The van der Waals surface area contributed by atoms with Gasteiger partial charge in [-0.1, -0.05) is 25.0 Å². The first kappa shape index (κ1) is 7.84. The smallest absolute Gasteiger partial charge is 0.0320 e. The second kappa shape index (κ2) is 4.54. The Morgan fingerprint density at radius 2 is 2.00 bits per heavy atom. The number of unbranched alkanes of at least 4 members (excludes halogenated alkanes) is 2. The first-order valence-corrected chi connectivity index (χ1v) is 4.40. The molecule has 0 aromatic heterocycles. The van der Waals surface area contributed by atoms with E-state index in [1.807, 2.05) is 0 Å². The van der Waals surface area contributed by atoms with Crippen molar-refractivity contribution in [2.75, 3.05) is 0 Å². The molecule has 0 bridgehead atoms. The molecular formula is C10H17. The van der Waals surface area contributed by atoms with Crippen molar-refractivity contribution in [1.29, 1.82) is 0 Å². The summed E-state index contributed by atoms with van der Waals surface area (Å²) in [4.78, 5) is 0. The first-order chi connectivity index (χ1) is 4.93. The zero-order valence-electron chi connectivity index (χ0n) is 6.73. The number of hydrogen-bond donors (Lipinski definition) is 0. The summed E-state index contributed by atoms with van der Waals surface area (Å²) in [6.07, 6.45) is 11.6. The summed E-state index contributed by atoms with van der Waals surface area (Å²) in [5, 5.41) is 0. The molecule has 0 aromatic rings. The van der Waals surface area contributed by atoms with Crippen LogP contribution in [0.4, 0.5) is 0 Å². The molecule has 57 valence electrons. The highest BCUT2D eigenvalue weighted by molar-refractivity contribution is 5.05. The van der Waals surface area contributed by atoms with E-state index in [0.29, 0.717) is 0 Å². The second-order valence-corrected chi connectivity index (χ2v) is 3.07. The third kappa shape index (κ3) is 2.55. The SMILES string of the molecule is [CH2]CCCC=C1CCCC1. The maximum Gasteiger partial charge on any atom is -0.0320 e. The fourth-order valence-corrected chi connectivity index (χ4v) is 1.48. The molecular weight excluding hydrogens is 120 g/mol. The highest BCUT2D eigenvalue weighted by atomic mass is 14.1. The molecule has 1 aliphatic carbocycles. The third-order valence-corrected chi connectivity index (χ3v) is 2.13. The Bertz CT molecular complexity index is 103. The molecule has 0 atom stereocenters. The predicted molar refractivity (Wildman–Crippen MR) is 45.8 cm³/mol. The molecule has 1 fully saturated rings. The standard InChI is InChI=1S/C10H17/c1-2-3-4-7-10-8-5-6-9-10/h7H,1-6,8-9H2. The summed E-state index contributed by atoms with van der Waals surface area (Å²) in [7, 11) is 0. The van der Waals surface area contributed by atoms with Crippen LogP contribution in [0, 0.1) is 6.92 Å². The monoisotopic (exact) mass is 137 g/mol. The van der Waals surface area contributed by atoms with Crippen LogP contribution < -0.4 is 0 Å². The van der Waals surface area contributed by atoms with Gasteiger partial charge in [-0.2, -0.15) is 0 Å². The average molecular weight is 137 g/mol. The van der Waals surface area contributed by atoms with Gasteiger partial charge < -0.3 is 0 Å².